The second kappa shape index (κ2) is 5.32. The van der Waals surface area contributed by atoms with Gasteiger partial charge >= 0.3 is 5.97 Å². The highest BCUT2D eigenvalue weighted by Crippen LogP contribution is 2.20. The van der Waals surface area contributed by atoms with Crippen molar-refractivity contribution in [2.75, 3.05) is 0 Å². The van der Waals surface area contributed by atoms with Crippen molar-refractivity contribution >= 4 is 17.9 Å². The molecule has 104 valence electrons. The lowest BCUT2D eigenvalue weighted by Gasteiger charge is -1.99. The van der Waals surface area contributed by atoms with Crippen LogP contribution in [0.25, 0.3) is 6.08 Å². The molecule has 2 aromatic carbocycles. The summed E-state index contributed by atoms with van der Waals surface area (Å²) in [6.07, 6.45) is 1.63. The van der Waals surface area contributed by atoms with Crippen LogP contribution in [-0.4, -0.2) is 11.9 Å². The molecule has 0 saturated carbocycles. The molecule has 0 saturated heterocycles. The maximum absolute atomic E-state index is 13.7. The summed E-state index contributed by atoms with van der Waals surface area (Å²) in [5.74, 6) is -1.05. The van der Waals surface area contributed by atoms with Gasteiger partial charge in [0.2, 0.25) is 5.90 Å². The Hall–Kier alpha value is -2.75. The topological polar surface area (TPSA) is 38.7 Å². The zero-order valence-electron chi connectivity index (χ0n) is 11.3. The number of carbonyl (C=O) groups excluding carboxylic acids is 1. The van der Waals surface area contributed by atoms with Gasteiger partial charge < -0.3 is 4.74 Å². The van der Waals surface area contributed by atoms with E-state index in [0.29, 0.717) is 0 Å². The van der Waals surface area contributed by atoms with Gasteiger partial charge in [0, 0.05) is 0 Å². The SMILES string of the molecule is Cc1cccc(/C=C2\N=C(c3ccccc3F)OC2=O)c1. The first-order chi connectivity index (χ1) is 10.1. The smallest absolute Gasteiger partial charge is 0.363 e. The highest BCUT2D eigenvalue weighted by atomic mass is 19.1. The summed E-state index contributed by atoms with van der Waals surface area (Å²) in [6.45, 7) is 1.96. The van der Waals surface area contributed by atoms with Crippen molar-refractivity contribution in [2.45, 2.75) is 6.92 Å². The first kappa shape index (κ1) is 13.2. The lowest BCUT2D eigenvalue weighted by molar-refractivity contribution is -0.129. The number of carbonyl (C=O) groups is 1. The minimum Gasteiger partial charge on any atom is -0.402 e. The Balaban J connectivity index is 1.98. The highest BCUT2D eigenvalue weighted by Gasteiger charge is 2.25. The fourth-order valence-electron chi connectivity index (χ4n) is 2.08. The van der Waals surface area contributed by atoms with Crippen molar-refractivity contribution in [1.29, 1.82) is 0 Å². The van der Waals surface area contributed by atoms with E-state index in [-0.39, 0.29) is 17.2 Å². The van der Waals surface area contributed by atoms with Gasteiger partial charge in [0.1, 0.15) is 5.82 Å². The first-order valence-corrected chi connectivity index (χ1v) is 6.47. The van der Waals surface area contributed by atoms with Crippen LogP contribution in [0.3, 0.4) is 0 Å². The number of halogens is 1. The van der Waals surface area contributed by atoms with Crippen LogP contribution < -0.4 is 0 Å². The number of aryl methyl sites for hydroxylation is 1. The summed E-state index contributed by atoms with van der Waals surface area (Å²) in [5, 5.41) is 0. The maximum atomic E-state index is 13.7. The van der Waals surface area contributed by atoms with Crippen molar-refractivity contribution in [3.8, 4) is 0 Å². The second-order valence-electron chi connectivity index (χ2n) is 4.73. The Morgan fingerprint density at radius 1 is 1.14 bits per heavy atom. The fourth-order valence-corrected chi connectivity index (χ4v) is 2.08. The van der Waals surface area contributed by atoms with Crippen molar-refractivity contribution in [2.24, 2.45) is 4.99 Å². The molecule has 4 heteroatoms. The number of benzene rings is 2. The average molecular weight is 281 g/mol. The van der Waals surface area contributed by atoms with E-state index in [2.05, 4.69) is 4.99 Å². The molecule has 0 fully saturated rings. The van der Waals surface area contributed by atoms with Gasteiger partial charge in [0.05, 0.1) is 5.56 Å². The number of ether oxygens (including phenoxy) is 1. The summed E-state index contributed by atoms with van der Waals surface area (Å²) in [7, 11) is 0. The molecule has 21 heavy (non-hydrogen) atoms. The maximum Gasteiger partial charge on any atom is 0.363 e. The van der Waals surface area contributed by atoms with E-state index in [1.54, 1.807) is 18.2 Å². The van der Waals surface area contributed by atoms with Crippen molar-refractivity contribution in [3.05, 3.63) is 76.7 Å². The quantitative estimate of drug-likeness (QED) is 0.624. The predicted octanol–water partition coefficient (Wildman–Crippen LogP) is 3.48. The molecule has 0 radical (unpaired) electrons. The summed E-state index contributed by atoms with van der Waals surface area (Å²) in [6, 6.07) is 13.7. The van der Waals surface area contributed by atoms with Gasteiger partial charge in [-0.2, -0.15) is 0 Å². The zero-order valence-corrected chi connectivity index (χ0v) is 11.3. The average Bonchev–Trinajstić information content (AvgIpc) is 2.80. The normalized spacial score (nSPS) is 16.0. The summed E-state index contributed by atoms with van der Waals surface area (Å²) in [5.41, 5.74) is 2.27. The Bertz CT molecular complexity index is 778. The number of esters is 1. The summed E-state index contributed by atoms with van der Waals surface area (Å²) in [4.78, 5) is 15.9. The molecule has 0 amide bonds. The number of cyclic esters (lactones) is 1. The van der Waals surface area contributed by atoms with Crippen LogP contribution in [0.1, 0.15) is 16.7 Å². The van der Waals surface area contributed by atoms with E-state index in [9.17, 15) is 9.18 Å². The van der Waals surface area contributed by atoms with E-state index < -0.39 is 11.8 Å². The number of nitrogens with zero attached hydrogens (tertiary/aromatic N) is 1. The Kier molecular flexibility index (Phi) is 3.36. The predicted molar refractivity (Wildman–Crippen MR) is 78.2 cm³/mol. The minimum atomic E-state index is -0.574. The first-order valence-electron chi connectivity index (χ1n) is 6.47. The number of rotatable bonds is 2. The number of hydrogen-bond acceptors (Lipinski definition) is 3. The van der Waals surface area contributed by atoms with Crippen molar-refractivity contribution in [1.82, 2.24) is 0 Å². The van der Waals surface area contributed by atoms with Crippen molar-refractivity contribution in [3.63, 3.8) is 0 Å². The molecule has 0 atom stereocenters. The standard InChI is InChI=1S/C17H12FNO2/c1-11-5-4-6-12(9-11)10-15-17(20)21-16(19-15)13-7-2-3-8-14(13)18/h2-10H,1H3/b15-10-. The second-order valence-corrected chi connectivity index (χ2v) is 4.73. The van der Waals surface area contributed by atoms with Crippen LogP contribution in [0.2, 0.25) is 0 Å². The van der Waals surface area contributed by atoms with E-state index in [0.717, 1.165) is 11.1 Å². The third kappa shape index (κ3) is 2.74. The molecule has 2 aromatic rings. The Labute approximate surface area is 121 Å². The van der Waals surface area contributed by atoms with Gasteiger partial charge in [-0.15, -0.1) is 0 Å². The summed E-state index contributed by atoms with van der Waals surface area (Å²) < 4.78 is 18.7. The third-order valence-electron chi connectivity index (χ3n) is 3.07. The van der Waals surface area contributed by atoms with Crippen LogP contribution >= 0.6 is 0 Å². The molecule has 0 unspecified atom stereocenters. The van der Waals surface area contributed by atoms with Gasteiger partial charge in [0.15, 0.2) is 5.70 Å². The minimum absolute atomic E-state index is 0.00277. The van der Waals surface area contributed by atoms with Crippen LogP contribution in [0.4, 0.5) is 4.39 Å². The molecule has 0 N–H and O–H groups in total. The van der Waals surface area contributed by atoms with E-state index in [1.807, 2.05) is 31.2 Å². The molecule has 3 nitrogen and oxygen atoms in total. The van der Waals surface area contributed by atoms with E-state index in [4.69, 9.17) is 4.74 Å². The van der Waals surface area contributed by atoms with Gasteiger partial charge in [-0.1, -0.05) is 42.0 Å². The highest BCUT2D eigenvalue weighted by molar-refractivity contribution is 6.12. The van der Waals surface area contributed by atoms with Crippen LogP contribution in [0, 0.1) is 12.7 Å². The molecule has 1 heterocycles. The van der Waals surface area contributed by atoms with Crippen LogP contribution in [-0.2, 0) is 9.53 Å². The van der Waals surface area contributed by atoms with Gasteiger partial charge in [-0.25, -0.2) is 14.2 Å². The Morgan fingerprint density at radius 3 is 2.71 bits per heavy atom. The van der Waals surface area contributed by atoms with E-state index in [1.165, 1.54) is 12.1 Å². The third-order valence-corrected chi connectivity index (χ3v) is 3.07. The summed E-state index contributed by atoms with van der Waals surface area (Å²) >= 11 is 0. The zero-order chi connectivity index (χ0) is 14.8. The lowest BCUT2D eigenvalue weighted by atomic mass is 10.1. The molecule has 0 spiro atoms. The molecule has 1 aliphatic rings. The van der Waals surface area contributed by atoms with Crippen LogP contribution in [0.15, 0.2) is 59.2 Å². The monoisotopic (exact) mass is 281 g/mol. The largest absolute Gasteiger partial charge is 0.402 e. The van der Waals surface area contributed by atoms with E-state index >= 15 is 0 Å². The molecule has 3 rings (SSSR count). The fraction of sp³-hybridized carbons (Fsp3) is 0.0588. The molecule has 0 aromatic heterocycles. The molecule has 0 aliphatic carbocycles. The Morgan fingerprint density at radius 2 is 1.95 bits per heavy atom. The lowest BCUT2D eigenvalue weighted by Crippen LogP contribution is -2.07. The van der Waals surface area contributed by atoms with Crippen molar-refractivity contribution < 1.29 is 13.9 Å². The molecular formula is C17H12FNO2. The molecule has 0 bridgehead atoms. The number of aliphatic imine (C=N–C) groups is 1. The van der Waals surface area contributed by atoms with Gasteiger partial charge in [-0.05, 0) is 30.7 Å². The van der Waals surface area contributed by atoms with Gasteiger partial charge in [-0.3, -0.25) is 0 Å². The van der Waals surface area contributed by atoms with Gasteiger partial charge in [0.25, 0.3) is 0 Å². The molecular weight excluding hydrogens is 269 g/mol. The number of hydrogen-bond donors (Lipinski definition) is 0. The van der Waals surface area contributed by atoms with Crippen LogP contribution in [0.5, 0.6) is 0 Å². The molecule has 1 aliphatic heterocycles.